The second kappa shape index (κ2) is 7.81. The Bertz CT molecular complexity index is 464. The summed E-state index contributed by atoms with van der Waals surface area (Å²) in [5, 5.41) is 0.441. The highest BCUT2D eigenvalue weighted by Crippen LogP contribution is 2.19. The number of amides is 1. The van der Waals surface area contributed by atoms with Crippen LogP contribution in [0.3, 0.4) is 0 Å². The molecule has 1 rings (SSSR count). The summed E-state index contributed by atoms with van der Waals surface area (Å²) in [5.74, 6) is 0.287. The van der Waals surface area contributed by atoms with Crippen molar-refractivity contribution in [1.82, 2.24) is 14.8 Å². The highest BCUT2D eigenvalue weighted by Gasteiger charge is 2.20. The number of halogens is 2. The van der Waals surface area contributed by atoms with Crippen LogP contribution in [0.5, 0.6) is 0 Å². The number of aromatic nitrogens is 1. The van der Waals surface area contributed by atoms with Gasteiger partial charge in [0.05, 0.1) is 5.56 Å². The fourth-order valence-corrected chi connectivity index (χ4v) is 2.20. The van der Waals surface area contributed by atoms with Gasteiger partial charge in [-0.25, -0.2) is 4.98 Å². The largest absolute Gasteiger partial charge is 0.337 e. The van der Waals surface area contributed by atoms with Crippen LogP contribution in [0, 0.1) is 5.92 Å². The number of hydrogen-bond acceptors (Lipinski definition) is 3. The Hall–Kier alpha value is -0.840. The van der Waals surface area contributed by atoms with E-state index in [4.69, 9.17) is 23.2 Å². The molecule has 0 aliphatic heterocycles. The zero-order valence-corrected chi connectivity index (χ0v) is 13.9. The van der Waals surface area contributed by atoms with Crippen LogP contribution in [0.4, 0.5) is 0 Å². The van der Waals surface area contributed by atoms with Gasteiger partial charge < -0.3 is 9.80 Å². The standard InChI is InChI=1S/C14H21Cl2N3O/c1-10(2)9-19(8-7-18(3)4)14(20)11-5-6-12(15)17-13(11)16/h5-6,10H,7-9H2,1-4H3. The van der Waals surface area contributed by atoms with E-state index in [1.165, 1.54) is 0 Å². The van der Waals surface area contributed by atoms with Crippen molar-refractivity contribution in [3.63, 3.8) is 0 Å². The Kier molecular flexibility index (Phi) is 6.72. The molecule has 1 aromatic heterocycles. The van der Waals surface area contributed by atoms with E-state index in [0.29, 0.717) is 24.6 Å². The monoisotopic (exact) mass is 317 g/mol. The zero-order chi connectivity index (χ0) is 15.3. The van der Waals surface area contributed by atoms with E-state index in [1.54, 1.807) is 12.1 Å². The van der Waals surface area contributed by atoms with Gasteiger partial charge >= 0.3 is 0 Å². The zero-order valence-electron chi connectivity index (χ0n) is 12.4. The van der Waals surface area contributed by atoms with Gasteiger partial charge in [0.1, 0.15) is 10.3 Å². The Balaban J connectivity index is 2.90. The van der Waals surface area contributed by atoms with E-state index in [9.17, 15) is 4.79 Å². The molecule has 0 unspecified atom stereocenters. The van der Waals surface area contributed by atoms with E-state index in [1.807, 2.05) is 23.9 Å². The van der Waals surface area contributed by atoms with Gasteiger partial charge in [0.15, 0.2) is 0 Å². The van der Waals surface area contributed by atoms with E-state index < -0.39 is 0 Å². The Morgan fingerprint density at radius 3 is 2.40 bits per heavy atom. The van der Waals surface area contributed by atoms with Crippen molar-refractivity contribution in [3.05, 3.63) is 28.0 Å². The van der Waals surface area contributed by atoms with Crippen LogP contribution in [-0.4, -0.2) is 54.4 Å². The molecule has 0 aliphatic carbocycles. The number of likely N-dealkylation sites (N-methyl/N-ethyl adjacent to an activating group) is 1. The molecule has 0 spiro atoms. The van der Waals surface area contributed by atoms with Gasteiger partial charge in [-0.1, -0.05) is 37.0 Å². The van der Waals surface area contributed by atoms with Crippen LogP contribution < -0.4 is 0 Å². The molecule has 6 heteroatoms. The molecule has 0 aromatic carbocycles. The van der Waals surface area contributed by atoms with Crippen LogP contribution in [0.1, 0.15) is 24.2 Å². The molecule has 1 aromatic rings. The first-order valence-corrected chi connectivity index (χ1v) is 7.33. The molecule has 112 valence electrons. The van der Waals surface area contributed by atoms with Gasteiger partial charge in [0.25, 0.3) is 5.91 Å². The van der Waals surface area contributed by atoms with Crippen molar-refractivity contribution in [2.24, 2.45) is 5.92 Å². The topological polar surface area (TPSA) is 36.4 Å². The summed E-state index contributed by atoms with van der Waals surface area (Å²) in [6.45, 7) is 6.31. The van der Waals surface area contributed by atoms with Crippen molar-refractivity contribution in [3.8, 4) is 0 Å². The predicted octanol–water partition coefficient (Wildman–Crippen LogP) is 3.05. The molecule has 0 fully saturated rings. The minimum absolute atomic E-state index is 0.102. The first-order chi connectivity index (χ1) is 9.31. The van der Waals surface area contributed by atoms with Gasteiger partial charge in [0, 0.05) is 19.6 Å². The molecular formula is C14H21Cl2N3O. The molecule has 20 heavy (non-hydrogen) atoms. The number of pyridine rings is 1. The van der Waals surface area contributed by atoms with Crippen LogP contribution >= 0.6 is 23.2 Å². The second-order valence-corrected chi connectivity index (χ2v) is 6.17. The Labute approximate surface area is 130 Å². The Morgan fingerprint density at radius 2 is 1.90 bits per heavy atom. The van der Waals surface area contributed by atoms with Gasteiger partial charge in [-0.2, -0.15) is 0 Å². The number of carbonyl (C=O) groups is 1. The molecular weight excluding hydrogens is 297 g/mol. The fourth-order valence-electron chi connectivity index (χ4n) is 1.78. The van der Waals surface area contributed by atoms with Gasteiger partial charge in [-0.05, 0) is 32.1 Å². The van der Waals surface area contributed by atoms with E-state index >= 15 is 0 Å². The quantitative estimate of drug-likeness (QED) is 0.757. The fraction of sp³-hybridized carbons (Fsp3) is 0.571. The number of nitrogens with zero attached hydrogens (tertiary/aromatic N) is 3. The van der Waals surface area contributed by atoms with E-state index in [0.717, 1.165) is 6.54 Å². The number of hydrogen-bond donors (Lipinski definition) is 0. The maximum Gasteiger partial charge on any atom is 0.257 e. The highest BCUT2D eigenvalue weighted by atomic mass is 35.5. The molecule has 0 radical (unpaired) electrons. The van der Waals surface area contributed by atoms with E-state index in [2.05, 4.69) is 18.8 Å². The molecule has 4 nitrogen and oxygen atoms in total. The van der Waals surface area contributed by atoms with Gasteiger partial charge in [-0.15, -0.1) is 0 Å². The molecule has 1 heterocycles. The minimum atomic E-state index is -0.102. The van der Waals surface area contributed by atoms with Crippen molar-refractivity contribution >= 4 is 29.1 Å². The third-order valence-electron chi connectivity index (χ3n) is 2.74. The maximum atomic E-state index is 12.6. The van der Waals surface area contributed by atoms with Crippen LogP contribution in [0.15, 0.2) is 12.1 Å². The molecule has 0 bridgehead atoms. The van der Waals surface area contributed by atoms with Crippen LogP contribution in [0.2, 0.25) is 10.3 Å². The van der Waals surface area contributed by atoms with Gasteiger partial charge in [-0.3, -0.25) is 4.79 Å². The van der Waals surface area contributed by atoms with Crippen molar-refractivity contribution in [1.29, 1.82) is 0 Å². The molecule has 0 N–H and O–H groups in total. The minimum Gasteiger partial charge on any atom is -0.337 e. The second-order valence-electron chi connectivity index (χ2n) is 5.42. The average Bonchev–Trinajstić information content (AvgIpc) is 2.33. The lowest BCUT2D eigenvalue weighted by molar-refractivity contribution is 0.0724. The maximum absolute atomic E-state index is 12.6. The van der Waals surface area contributed by atoms with E-state index in [-0.39, 0.29) is 16.2 Å². The third kappa shape index (κ3) is 5.27. The average molecular weight is 318 g/mol. The first-order valence-electron chi connectivity index (χ1n) is 6.57. The smallest absolute Gasteiger partial charge is 0.257 e. The number of carbonyl (C=O) groups excluding carboxylic acids is 1. The van der Waals surface area contributed by atoms with Crippen molar-refractivity contribution < 1.29 is 4.79 Å². The molecule has 0 aliphatic rings. The highest BCUT2D eigenvalue weighted by molar-refractivity contribution is 6.34. The predicted molar refractivity (Wildman–Crippen MR) is 83.6 cm³/mol. The normalized spacial score (nSPS) is 11.2. The molecule has 0 saturated heterocycles. The summed E-state index contributed by atoms with van der Waals surface area (Å²) >= 11 is 11.8. The summed E-state index contributed by atoms with van der Waals surface area (Å²) in [6.07, 6.45) is 0. The number of rotatable bonds is 6. The van der Waals surface area contributed by atoms with Crippen molar-refractivity contribution in [2.45, 2.75) is 13.8 Å². The summed E-state index contributed by atoms with van der Waals surface area (Å²) < 4.78 is 0. The lowest BCUT2D eigenvalue weighted by atomic mass is 10.1. The Morgan fingerprint density at radius 1 is 1.25 bits per heavy atom. The summed E-state index contributed by atoms with van der Waals surface area (Å²) in [4.78, 5) is 20.3. The summed E-state index contributed by atoms with van der Waals surface area (Å²) in [5.41, 5.74) is 0.399. The van der Waals surface area contributed by atoms with Gasteiger partial charge in [0.2, 0.25) is 0 Å². The first kappa shape index (κ1) is 17.2. The SMILES string of the molecule is CC(C)CN(CCN(C)C)C(=O)c1ccc(Cl)nc1Cl. The third-order valence-corrected chi connectivity index (χ3v) is 3.23. The summed E-state index contributed by atoms with van der Waals surface area (Å²) in [7, 11) is 3.96. The van der Waals surface area contributed by atoms with Crippen molar-refractivity contribution in [2.75, 3.05) is 33.7 Å². The van der Waals surface area contributed by atoms with Crippen LogP contribution in [0.25, 0.3) is 0 Å². The molecule has 0 atom stereocenters. The molecule has 0 saturated carbocycles. The van der Waals surface area contributed by atoms with Crippen LogP contribution in [-0.2, 0) is 0 Å². The summed E-state index contributed by atoms with van der Waals surface area (Å²) in [6, 6.07) is 3.21. The lowest BCUT2D eigenvalue weighted by Gasteiger charge is -2.26. The lowest BCUT2D eigenvalue weighted by Crippen LogP contribution is -2.39. The molecule has 1 amide bonds.